The molecule has 1 aliphatic heterocycles. The molecular formula is C31H41F2N5O3. The van der Waals surface area contributed by atoms with Crippen LogP contribution in [-0.4, -0.2) is 76.0 Å². The van der Waals surface area contributed by atoms with E-state index in [2.05, 4.69) is 10.5 Å². The third kappa shape index (κ3) is 6.44. The SMILES string of the molecule is CNCC(O)COc1cccc(-c2nc(CCC3(N4CC(F)(F)C4)CCCCC3)c(C)c(-c3c(C)noc3C)n2)c1. The number of alkyl halides is 2. The van der Waals surface area contributed by atoms with E-state index in [-0.39, 0.29) is 25.2 Å². The molecule has 0 radical (unpaired) electrons. The molecular weight excluding hydrogens is 528 g/mol. The minimum absolute atomic E-state index is 0.152. The third-order valence-corrected chi connectivity index (χ3v) is 8.62. The van der Waals surface area contributed by atoms with Crippen LogP contribution in [0.1, 0.15) is 61.2 Å². The number of hydrogen-bond acceptors (Lipinski definition) is 8. The Morgan fingerprint density at radius 2 is 1.88 bits per heavy atom. The number of nitrogens with zero attached hydrogens (tertiary/aromatic N) is 4. The second-order valence-electron chi connectivity index (χ2n) is 11.7. The molecule has 1 saturated carbocycles. The molecule has 1 aromatic carbocycles. The topological polar surface area (TPSA) is 96.5 Å². The van der Waals surface area contributed by atoms with Crippen molar-refractivity contribution in [1.29, 1.82) is 0 Å². The second kappa shape index (κ2) is 12.1. The number of nitrogens with one attached hydrogen (secondary N) is 1. The number of ether oxygens (including phenoxy) is 1. The van der Waals surface area contributed by atoms with Crippen LogP contribution >= 0.6 is 0 Å². The average Bonchev–Trinajstić information content (AvgIpc) is 3.28. The maximum absolute atomic E-state index is 13.9. The van der Waals surface area contributed by atoms with E-state index < -0.39 is 12.0 Å². The van der Waals surface area contributed by atoms with Crippen LogP contribution in [0.4, 0.5) is 8.78 Å². The molecule has 3 heterocycles. The van der Waals surface area contributed by atoms with Crippen molar-refractivity contribution in [3.05, 3.63) is 47.0 Å². The van der Waals surface area contributed by atoms with Gasteiger partial charge in [0.25, 0.3) is 5.92 Å². The van der Waals surface area contributed by atoms with Crippen LogP contribution in [0, 0.1) is 20.8 Å². The number of hydrogen-bond donors (Lipinski definition) is 2. The first kappa shape index (κ1) is 29.5. The van der Waals surface area contributed by atoms with E-state index in [1.807, 2.05) is 49.9 Å². The first-order chi connectivity index (χ1) is 19.6. The van der Waals surface area contributed by atoms with E-state index in [9.17, 15) is 13.9 Å². The van der Waals surface area contributed by atoms with Crippen molar-refractivity contribution in [3.8, 4) is 28.4 Å². The summed E-state index contributed by atoms with van der Waals surface area (Å²) >= 11 is 0. The summed E-state index contributed by atoms with van der Waals surface area (Å²) in [6, 6.07) is 7.54. The van der Waals surface area contributed by atoms with Crippen LogP contribution in [0.25, 0.3) is 22.6 Å². The number of aromatic nitrogens is 3. The van der Waals surface area contributed by atoms with Crippen LogP contribution in [-0.2, 0) is 6.42 Å². The Morgan fingerprint density at radius 1 is 1.12 bits per heavy atom. The molecule has 1 aliphatic carbocycles. The van der Waals surface area contributed by atoms with Gasteiger partial charge in [-0.05, 0) is 71.2 Å². The highest BCUT2D eigenvalue weighted by Gasteiger charge is 2.52. The Morgan fingerprint density at radius 3 is 2.54 bits per heavy atom. The zero-order valence-electron chi connectivity index (χ0n) is 24.5. The lowest BCUT2D eigenvalue weighted by Crippen LogP contribution is -2.66. The number of benzene rings is 1. The van der Waals surface area contributed by atoms with Gasteiger partial charge in [-0.15, -0.1) is 0 Å². The highest BCUT2D eigenvalue weighted by Crippen LogP contribution is 2.44. The van der Waals surface area contributed by atoms with Crippen molar-refractivity contribution >= 4 is 0 Å². The van der Waals surface area contributed by atoms with Gasteiger partial charge >= 0.3 is 0 Å². The van der Waals surface area contributed by atoms with Crippen molar-refractivity contribution < 1.29 is 23.1 Å². The number of aliphatic hydroxyl groups excluding tert-OH is 1. The molecule has 2 N–H and O–H groups in total. The third-order valence-electron chi connectivity index (χ3n) is 8.62. The molecule has 2 fully saturated rings. The van der Waals surface area contributed by atoms with Crippen molar-refractivity contribution in [2.24, 2.45) is 0 Å². The minimum Gasteiger partial charge on any atom is -0.491 e. The normalized spacial score (nSPS) is 19.1. The maximum Gasteiger partial charge on any atom is 0.272 e. The summed E-state index contributed by atoms with van der Waals surface area (Å²) < 4.78 is 39.2. The summed E-state index contributed by atoms with van der Waals surface area (Å²) in [6.45, 7) is 6.09. The first-order valence-electron chi connectivity index (χ1n) is 14.6. The lowest BCUT2D eigenvalue weighted by Gasteiger charge is -2.54. The van der Waals surface area contributed by atoms with Gasteiger partial charge in [-0.1, -0.05) is 36.6 Å². The fraction of sp³-hybridized carbons (Fsp3) is 0.581. The number of likely N-dealkylation sites (N-methyl/N-ethyl adjacent to an activating group) is 1. The predicted octanol–water partition coefficient (Wildman–Crippen LogP) is 5.27. The van der Waals surface area contributed by atoms with Gasteiger partial charge in [0, 0.05) is 23.3 Å². The Hall–Kier alpha value is -2.95. The lowest BCUT2D eigenvalue weighted by atomic mass is 9.75. The summed E-state index contributed by atoms with van der Waals surface area (Å²) in [5, 5.41) is 17.2. The number of likely N-dealkylation sites (tertiary alicyclic amines) is 1. The summed E-state index contributed by atoms with van der Waals surface area (Å²) in [7, 11) is 1.78. The van der Waals surface area contributed by atoms with Gasteiger partial charge in [0.15, 0.2) is 5.82 Å². The average molecular weight is 570 g/mol. The highest BCUT2D eigenvalue weighted by atomic mass is 19.3. The van der Waals surface area contributed by atoms with E-state index in [0.29, 0.717) is 30.3 Å². The van der Waals surface area contributed by atoms with Crippen molar-refractivity contribution in [3.63, 3.8) is 0 Å². The molecule has 0 spiro atoms. The van der Waals surface area contributed by atoms with Gasteiger partial charge in [0.05, 0.1) is 30.0 Å². The molecule has 10 heteroatoms. The molecule has 1 saturated heterocycles. The molecule has 0 amide bonds. The van der Waals surface area contributed by atoms with Gasteiger partial charge in [0.1, 0.15) is 24.2 Å². The quantitative estimate of drug-likeness (QED) is 0.323. The summed E-state index contributed by atoms with van der Waals surface area (Å²) in [4.78, 5) is 12.0. The fourth-order valence-electron chi connectivity index (χ4n) is 6.34. The number of aryl methyl sites for hydroxylation is 3. The Kier molecular flexibility index (Phi) is 8.73. The highest BCUT2D eigenvalue weighted by molar-refractivity contribution is 5.71. The fourth-order valence-corrected chi connectivity index (χ4v) is 6.34. The van der Waals surface area contributed by atoms with Gasteiger partial charge < -0.3 is 19.7 Å². The summed E-state index contributed by atoms with van der Waals surface area (Å²) in [5.41, 5.74) is 4.79. The van der Waals surface area contributed by atoms with Crippen molar-refractivity contribution in [1.82, 2.24) is 25.3 Å². The standard InChI is InChI=1S/C31H41F2N5O3/c1-20-26(11-14-30(12-6-5-7-13-30)38-18-31(32,33)19-38)35-29(36-28(20)27-21(2)37-41-22(27)3)23-9-8-10-25(15-23)40-17-24(39)16-34-4/h8-10,15,24,34,39H,5-7,11-14,16-19H2,1-4H3. The summed E-state index contributed by atoms with van der Waals surface area (Å²) in [6.07, 6.45) is 5.97. The monoisotopic (exact) mass is 569 g/mol. The molecule has 8 nitrogen and oxygen atoms in total. The number of halogens is 2. The van der Waals surface area contributed by atoms with Crippen LogP contribution in [0.5, 0.6) is 5.75 Å². The summed E-state index contributed by atoms with van der Waals surface area (Å²) in [5.74, 6) is -0.740. The van der Waals surface area contributed by atoms with Crippen molar-refractivity contribution in [2.45, 2.75) is 83.3 Å². The molecule has 1 atom stereocenters. The van der Waals surface area contributed by atoms with E-state index >= 15 is 0 Å². The molecule has 3 aromatic rings. The van der Waals surface area contributed by atoms with Gasteiger partial charge in [-0.3, -0.25) is 4.90 Å². The smallest absolute Gasteiger partial charge is 0.272 e. The maximum atomic E-state index is 13.9. The van der Waals surface area contributed by atoms with Crippen LogP contribution in [0.15, 0.2) is 28.8 Å². The Balaban J connectivity index is 1.48. The van der Waals surface area contributed by atoms with E-state index in [0.717, 1.165) is 72.3 Å². The first-order valence-corrected chi connectivity index (χ1v) is 14.6. The minimum atomic E-state index is -2.59. The zero-order chi connectivity index (χ0) is 29.2. The molecule has 5 rings (SSSR count). The lowest BCUT2D eigenvalue weighted by molar-refractivity contribution is -0.178. The predicted molar refractivity (Wildman–Crippen MR) is 153 cm³/mol. The molecule has 1 unspecified atom stereocenters. The van der Waals surface area contributed by atoms with Gasteiger partial charge in [0.2, 0.25) is 0 Å². The Bertz CT molecular complexity index is 1330. The molecule has 41 heavy (non-hydrogen) atoms. The van der Waals surface area contributed by atoms with Crippen LogP contribution in [0.2, 0.25) is 0 Å². The van der Waals surface area contributed by atoms with E-state index in [1.54, 1.807) is 7.05 Å². The second-order valence-corrected chi connectivity index (χ2v) is 11.7. The molecule has 222 valence electrons. The van der Waals surface area contributed by atoms with Gasteiger partial charge in [-0.2, -0.15) is 0 Å². The molecule has 2 aliphatic rings. The zero-order valence-corrected chi connectivity index (χ0v) is 24.5. The Labute approximate surface area is 240 Å². The van der Waals surface area contributed by atoms with Crippen LogP contribution < -0.4 is 10.1 Å². The molecule has 0 bridgehead atoms. The van der Waals surface area contributed by atoms with Crippen molar-refractivity contribution in [2.75, 3.05) is 33.3 Å². The largest absolute Gasteiger partial charge is 0.491 e. The number of rotatable bonds is 11. The van der Waals surface area contributed by atoms with E-state index in [4.69, 9.17) is 19.2 Å². The number of aliphatic hydroxyl groups is 1. The van der Waals surface area contributed by atoms with E-state index in [1.165, 1.54) is 0 Å². The molecule has 2 aromatic heterocycles. The van der Waals surface area contributed by atoms with Gasteiger partial charge in [-0.25, -0.2) is 18.7 Å². The van der Waals surface area contributed by atoms with Crippen LogP contribution in [0.3, 0.4) is 0 Å².